The van der Waals surface area contributed by atoms with Crippen LogP contribution in [0.2, 0.25) is 0 Å². The molecule has 3 nitrogen and oxygen atoms in total. The number of hydrogen-bond donors (Lipinski definition) is 1. The number of rotatable bonds is 4. The maximum atomic E-state index is 11.9. The van der Waals surface area contributed by atoms with Crippen molar-refractivity contribution in [3.05, 3.63) is 29.8 Å². The lowest BCUT2D eigenvalue weighted by molar-refractivity contribution is 0.414. The molecule has 1 rings (SSSR count). The van der Waals surface area contributed by atoms with E-state index in [0.717, 1.165) is 11.3 Å². The molecule has 0 amide bonds. The van der Waals surface area contributed by atoms with E-state index >= 15 is 0 Å². The molecule has 0 spiro atoms. The third-order valence-corrected chi connectivity index (χ3v) is 4.14. The molecule has 0 saturated carbocycles. The van der Waals surface area contributed by atoms with Crippen molar-refractivity contribution in [2.45, 2.75) is 38.5 Å². The molecular formula is C13H21NO2S. The molecule has 0 unspecified atom stereocenters. The Hall–Kier alpha value is -0.870. The quantitative estimate of drug-likeness (QED) is 0.898. The lowest BCUT2D eigenvalue weighted by Crippen LogP contribution is -2.34. The molecule has 0 aliphatic carbocycles. The summed E-state index contributed by atoms with van der Waals surface area (Å²) in [5, 5.41) is 0. The first-order chi connectivity index (χ1) is 7.84. The molecule has 0 aliphatic rings. The highest BCUT2D eigenvalue weighted by Crippen LogP contribution is 2.19. The Balaban J connectivity index is 2.70. The van der Waals surface area contributed by atoms with Crippen LogP contribution in [-0.2, 0) is 11.0 Å². The zero-order valence-corrected chi connectivity index (χ0v) is 11.9. The average Bonchev–Trinajstić information content (AvgIpc) is 2.27. The van der Waals surface area contributed by atoms with Crippen molar-refractivity contribution in [3.63, 3.8) is 0 Å². The molecule has 1 aromatic carbocycles. The Morgan fingerprint density at radius 2 is 1.76 bits per heavy atom. The predicted molar refractivity (Wildman–Crippen MR) is 72.4 cm³/mol. The van der Waals surface area contributed by atoms with Gasteiger partial charge >= 0.3 is 0 Å². The van der Waals surface area contributed by atoms with Gasteiger partial charge in [0.15, 0.2) is 0 Å². The van der Waals surface area contributed by atoms with Gasteiger partial charge in [-0.1, -0.05) is 12.1 Å². The van der Waals surface area contributed by atoms with Crippen LogP contribution in [-0.4, -0.2) is 16.1 Å². The maximum absolute atomic E-state index is 11.9. The molecule has 96 valence electrons. The van der Waals surface area contributed by atoms with Crippen molar-refractivity contribution >= 4 is 11.0 Å². The van der Waals surface area contributed by atoms with E-state index in [9.17, 15) is 4.21 Å². The van der Waals surface area contributed by atoms with Crippen molar-refractivity contribution in [3.8, 4) is 5.75 Å². The summed E-state index contributed by atoms with van der Waals surface area (Å²) < 4.78 is 19.9. The zero-order valence-electron chi connectivity index (χ0n) is 11.1. The molecule has 17 heavy (non-hydrogen) atoms. The second-order valence-electron chi connectivity index (χ2n) is 4.99. The van der Waals surface area contributed by atoms with E-state index in [0.29, 0.717) is 0 Å². The number of methoxy groups -OCH3 is 1. The largest absolute Gasteiger partial charge is 0.497 e. The van der Waals surface area contributed by atoms with Gasteiger partial charge in [-0.2, -0.15) is 0 Å². The average molecular weight is 255 g/mol. The lowest BCUT2D eigenvalue weighted by Gasteiger charge is -2.22. The summed E-state index contributed by atoms with van der Waals surface area (Å²) in [5.74, 6) is 0.831. The summed E-state index contributed by atoms with van der Waals surface area (Å²) in [6, 6.07) is 7.84. The molecule has 0 aliphatic heterocycles. The van der Waals surface area contributed by atoms with Crippen LogP contribution < -0.4 is 9.46 Å². The van der Waals surface area contributed by atoms with Crippen LogP contribution in [0.1, 0.15) is 39.3 Å². The van der Waals surface area contributed by atoms with Gasteiger partial charge in [-0.05, 0) is 45.4 Å². The molecule has 0 radical (unpaired) electrons. The van der Waals surface area contributed by atoms with Crippen molar-refractivity contribution < 1.29 is 8.95 Å². The van der Waals surface area contributed by atoms with Gasteiger partial charge in [0.1, 0.15) is 5.75 Å². The first kappa shape index (κ1) is 14.2. The van der Waals surface area contributed by atoms with Crippen molar-refractivity contribution in [2.24, 2.45) is 0 Å². The van der Waals surface area contributed by atoms with Gasteiger partial charge < -0.3 is 4.74 Å². The molecule has 2 atom stereocenters. The summed E-state index contributed by atoms with van der Waals surface area (Å²) in [6.07, 6.45) is 0. The zero-order chi connectivity index (χ0) is 13.1. The molecule has 0 saturated heterocycles. The summed E-state index contributed by atoms with van der Waals surface area (Å²) in [4.78, 5) is 0. The summed E-state index contributed by atoms with van der Waals surface area (Å²) >= 11 is 0. The Morgan fingerprint density at radius 3 is 2.18 bits per heavy atom. The van der Waals surface area contributed by atoms with Gasteiger partial charge in [0.05, 0.1) is 22.8 Å². The van der Waals surface area contributed by atoms with Crippen LogP contribution in [0.25, 0.3) is 0 Å². The van der Waals surface area contributed by atoms with Gasteiger partial charge in [0.2, 0.25) is 0 Å². The molecule has 0 fully saturated rings. The monoisotopic (exact) mass is 255 g/mol. The van der Waals surface area contributed by atoms with Crippen LogP contribution >= 0.6 is 0 Å². The fourth-order valence-corrected chi connectivity index (χ4v) is 2.11. The van der Waals surface area contributed by atoms with Crippen LogP contribution in [0, 0.1) is 0 Å². The Kier molecular flexibility index (Phi) is 4.71. The Bertz CT molecular complexity index is 381. The van der Waals surface area contributed by atoms with E-state index in [1.807, 2.05) is 52.0 Å². The van der Waals surface area contributed by atoms with Gasteiger partial charge in [-0.15, -0.1) is 0 Å². The Labute approximate surface area is 106 Å². The van der Waals surface area contributed by atoms with Crippen LogP contribution in [0.4, 0.5) is 0 Å². The number of ether oxygens (including phenoxy) is 1. The van der Waals surface area contributed by atoms with E-state index in [1.165, 1.54) is 0 Å². The van der Waals surface area contributed by atoms with Gasteiger partial charge in [0, 0.05) is 6.04 Å². The number of nitrogens with one attached hydrogen (secondary N) is 1. The maximum Gasteiger partial charge on any atom is 0.118 e. The Morgan fingerprint density at radius 1 is 1.24 bits per heavy atom. The fraction of sp³-hybridized carbons (Fsp3) is 0.538. The molecule has 0 aromatic heterocycles. The molecule has 1 N–H and O–H groups in total. The van der Waals surface area contributed by atoms with Gasteiger partial charge in [-0.3, -0.25) is 0 Å². The second kappa shape index (κ2) is 5.65. The van der Waals surface area contributed by atoms with Crippen LogP contribution in [0.5, 0.6) is 5.75 Å². The van der Waals surface area contributed by atoms with E-state index in [4.69, 9.17) is 4.74 Å². The highest BCUT2D eigenvalue weighted by molar-refractivity contribution is 7.84. The number of benzene rings is 1. The summed E-state index contributed by atoms with van der Waals surface area (Å²) in [6.45, 7) is 7.87. The smallest absolute Gasteiger partial charge is 0.118 e. The van der Waals surface area contributed by atoms with Crippen molar-refractivity contribution in [1.29, 1.82) is 0 Å². The summed E-state index contributed by atoms with van der Waals surface area (Å²) in [5.41, 5.74) is 1.10. The van der Waals surface area contributed by atoms with E-state index in [1.54, 1.807) is 7.11 Å². The SMILES string of the molecule is COc1ccc([C@@H](C)N[S@@](=O)C(C)(C)C)cc1. The van der Waals surface area contributed by atoms with Crippen molar-refractivity contribution in [1.82, 2.24) is 4.72 Å². The van der Waals surface area contributed by atoms with E-state index < -0.39 is 11.0 Å². The topological polar surface area (TPSA) is 38.3 Å². The third kappa shape index (κ3) is 4.13. The molecule has 4 heteroatoms. The predicted octanol–water partition coefficient (Wildman–Crippen LogP) is 2.81. The standard InChI is InChI=1S/C13H21NO2S/c1-10(14-17(15)13(2,3)4)11-6-8-12(16-5)9-7-11/h6-10,14H,1-5H3/t10-,17+/m1/s1. The fourth-order valence-electron chi connectivity index (χ4n) is 1.30. The van der Waals surface area contributed by atoms with E-state index in [-0.39, 0.29) is 10.8 Å². The minimum Gasteiger partial charge on any atom is -0.497 e. The van der Waals surface area contributed by atoms with Gasteiger partial charge in [-0.25, -0.2) is 8.93 Å². The van der Waals surface area contributed by atoms with E-state index in [2.05, 4.69) is 4.72 Å². The first-order valence-corrected chi connectivity index (χ1v) is 6.81. The molecular weight excluding hydrogens is 234 g/mol. The first-order valence-electron chi connectivity index (χ1n) is 5.66. The van der Waals surface area contributed by atoms with Gasteiger partial charge in [0.25, 0.3) is 0 Å². The third-order valence-electron chi connectivity index (χ3n) is 2.46. The highest BCUT2D eigenvalue weighted by Gasteiger charge is 2.21. The van der Waals surface area contributed by atoms with Crippen molar-refractivity contribution in [2.75, 3.05) is 7.11 Å². The molecule has 0 heterocycles. The minimum absolute atomic E-state index is 0.0564. The minimum atomic E-state index is -1.06. The highest BCUT2D eigenvalue weighted by atomic mass is 32.2. The number of hydrogen-bond acceptors (Lipinski definition) is 2. The van der Waals surface area contributed by atoms with Crippen LogP contribution in [0.3, 0.4) is 0 Å². The molecule has 0 bridgehead atoms. The normalized spacial score (nSPS) is 15.4. The lowest BCUT2D eigenvalue weighted by atomic mass is 10.1. The second-order valence-corrected chi connectivity index (χ2v) is 6.99. The van der Waals surface area contributed by atoms with Crippen LogP contribution in [0.15, 0.2) is 24.3 Å². The summed E-state index contributed by atoms with van der Waals surface area (Å²) in [7, 11) is 0.588. The molecule has 1 aromatic rings.